The highest BCUT2D eigenvalue weighted by molar-refractivity contribution is 7.92. The van der Waals surface area contributed by atoms with Gasteiger partial charge in [-0.2, -0.15) is 13.2 Å². The summed E-state index contributed by atoms with van der Waals surface area (Å²) in [5.74, 6) is 0.293. The smallest absolute Gasteiger partial charge is 0.422 e. The second-order valence-corrected chi connectivity index (χ2v) is 6.92. The molecule has 0 aliphatic heterocycles. The lowest BCUT2D eigenvalue weighted by Gasteiger charge is -2.10. The van der Waals surface area contributed by atoms with Crippen molar-refractivity contribution in [1.29, 1.82) is 0 Å². The molecular formula is C13H15F3N4O3S. The number of alkyl halides is 3. The fraction of sp³-hybridized carbons (Fsp3) is 0.385. The molecule has 0 fully saturated rings. The highest BCUT2D eigenvalue weighted by Crippen LogP contribution is 2.26. The van der Waals surface area contributed by atoms with Gasteiger partial charge >= 0.3 is 12.2 Å². The van der Waals surface area contributed by atoms with E-state index in [9.17, 15) is 21.6 Å². The maximum absolute atomic E-state index is 12.2. The Bertz CT molecular complexity index is 847. The van der Waals surface area contributed by atoms with Crippen molar-refractivity contribution in [3.8, 4) is 17.4 Å². The highest BCUT2D eigenvalue weighted by atomic mass is 32.2. The third-order valence-corrected chi connectivity index (χ3v) is 3.57. The van der Waals surface area contributed by atoms with Gasteiger partial charge in [0.1, 0.15) is 0 Å². The average Bonchev–Trinajstić information content (AvgIpc) is 2.78. The number of sulfonamides is 1. The van der Waals surface area contributed by atoms with Crippen molar-refractivity contribution < 1.29 is 26.3 Å². The zero-order valence-corrected chi connectivity index (χ0v) is 13.9. The van der Waals surface area contributed by atoms with E-state index in [4.69, 9.17) is 0 Å². The van der Waals surface area contributed by atoms with Crippen molar-refractivity contribution in [2.45, 2.75) is 13.1 Å². The minimum Gasteiger partial charge on any atom is -0.454 e. The van der Waals surface area contributed by atoms with E-state index in [0.29, 0.717) is 22.6 Å². The van der Waals surface area contributed by atoms with Crippen molar-refractivity contribution in [1.82, 2.24) is 14.8 Å². The fourth-order valence-corrected chi connectivity index (χ4v) is 2.58. The molecule has 132 valence electrons. The van der Waals surface area contributed by atoms with Gasteiger partial charge in [0, 0.05) is 12.6 Å². The number of rotatable bonds is 5. The molecule has 0 saturated carbocycles. The van der Waals surface area contributed by atoms with E-state index in [1.54, 1.807) is 19.1 Å². The van der Waals surface area contributed by atoms with Crippen LogP contribution in [0.25, 0.3) is 11.4 Å². The molecule has 0 bridgehead atoms. The summed E-state index contributed by atoms with van der Waals surface area (Å²) in [6.07, 6.45) is -3.44. The van der Waals surface area contributed by atoms with E-state index in [1.165, 1.54) is 17.7 Å². The zero-order valence-electron chi connectivity index (χ0n) is 13.0. The lowest BCUT2D eigenvalue weighted by atomic mass is 10.1. The van der Waals surface area contributed by atoms with Crippen molar-refractivity contribution in [3.63, 3.8) is 0 Å². The van der Waals surface area contributed by atoms with Crippen LogP contribution in [0.2, 0.25) is 0 Å². The first kappa shape index (κ1) is 18.0. The predicted octanol–water partition coefficient (Wildman–Crippen LogP) is 2.10. The van der Waals surface area contributed by atoms with Gasteiger partial charge in [0.05, 0.1) is 11.9 Å². The Morgan fingerprint density at radius 3 is 2.50 bits per heavy atom. The van der Waals surface area contributed by atoms with E-state index in [0.717, 1.165) is 6.26 Å². The fourth-order valence-electron chi connectivity index (χ4n) is 1.96. The van der Waals surface area contributed by atoms with Gasteiger partial charge < -0.3 is 4.74 Å². The molecule has 1 N–H and O–H groups in total. The molecule has 2 aromatic rings. The molecule has 0 aliphatic rings. The van der Waals surface area contributed by atoms with E-state index < -0.39 is 22.8 Å². The van der Waals surface area contributed by atoms with Gasteiger partial charge in [-0.05, 0) is 30.7 Å². The number of hydrogen-bond acceptors (Lipinski definition) is 5. The van der Waals surface area contributed by atoms with Crippen LogP contribution in [-0.4, -0.2) is 42.2 Å². The summed E-state index contributed by atoms with van der Waals surface area (Å²) in [6, 6.07) is 4.50. The molecule has 0 atom stereocenters. The Hall–Kier alpha value is -2.30. The Balaban J connectivity index is 2.26. The van der Waals surface area contributed by atoms with Gasteiger partial charge in [0.25, 0.3) is 0 Å². The number of ether oxygens (including phenoxy) is 1. The molecule has 0 spiro atoms. The maximum atomic E-state index is 12.2. The lowest BCUT2D eigenvalue weighted by molar-refractivity contribution is -0.155. The van der Waals surface area contributed by atoms with Crippen LogP contribution in [0, 0.1) is 6.92 Å². The lowest BCUT2D eigenvalue weighted by Crippen LogP contribution is -2.20. The summed E-state index contributed by atoms with van der Waals surface area (Å²) >= 11 is 0. The summed E-state index contributed by atoms with van der Waals surface area (Å²) in [7, 11) is -1.94. The SMILES string of the molecule is Cc1cc(-c2nnc(OCC(F)(F)F)n2C)ccc1NS(C)(=O)=O. The van der Waals surface area contributed by atoms with Gasteiger partial charge in [0.2, 0.25) is 10.0 Å². The normalized spacial score (nSPS) is 12.2. The molecule has 0 aliphatic carbocycles. The number of benzene rings is 1. The number of nitrogens with zero attached hydrogens (tertiary/aromatic N) is 3. The average molecular weight is 364 g/mol. The minimum atomic E-state index is -4.47. The van der Waals surface area contributed by atoms with Crippen LogP contribution in [0.1, 0.15) is 5.56 Å². The number of halogens is 3. The molecule has 24 heavy (non-hydrogen) atoms. The van der Waals surface area contributed by atoms with Crippen LogP contribution < -0.4 is 9.46 Å². The number of nitrogens with one attached hydrogen (secondary N) is 1. The molecule has 1 aromatic carbocycles. The van der Waals surface area contributed by atoms with Crippen LogP contribution in [-0.2, 0) is 17.1 Å². The second-order valence-electron chi connectivity index (χ2n) is 5.17. The van der Waals surface area contributed by atoms with Crippen molar-refractivity contribution in [2.24, 2.45) is 7.05 Å². The second kappa shape index (κ2) is 6.30. The molecular weight excluding hydrogens is 349 g/mol. The molecule has 1 heterocycles. The monoisotopic (exact) mass is 364 g/mol. The Labute approximate surface area is 136 Å². The summed E-state index contributed by atoms with van der Waals surface area (Å²) in [4.78, 5) is 0. The number of aryl methyl sites for hydroxylation is 1. The topological polar surface area (TPSA) is 86.1 Å². The molecule has 7 nitrogen and oxygen atoms in total. The number of anilines is 1. The third-order valence-electron chi connectivity index (χ3n) is 2.98. The minimum absolute atomic E-state index is 0.265. The van der Waals surface area contributed by atoms with E-state index in [2.05, 4.69) is 19.7 Å². The first-order chi connectivity index (χ1) is 11.0. The van der Waals surface area contributed by atoms with E-state index >= 15 is 0 Å². The Morgan fingerprint density at radius 1 is 1.29 bits per heavy atom. The predicted molar refractivity (Wildman–Crippen MR) is 81.2 cm³/mol. The van der Waals surface area contributed by atoms with Gasteiger partial charge in [-0.15, -0.1) is 5.10 Å². The summed E-state index contributed by atoms with van der Waals surface area (Å²) in [5, 5.41) is 7.40. The maximum Gasteiger partial charge on any atom is 0.422 e. The first-order valence-electron chi connectivity index (χ1n) is 6.64. The standard InChI is InChI=1S/C13H15F3N4O3S/c1-8-6-9(4-5-10(8)19-24(3,21)22)11-17-18-12(20(11)2)23-7-13(14,15)16/h4-6,19H,7H2,1-3H3. The van der Waals surface area contributed by atoms with Gasteiger partial charge in [-0.1, -0.05) is 5.10 Å². The zero-order chi connectivity index (χ0) is 18.1. The molecule has 0 radical (unpaired) electrons. The Kier molecular flexibility index (Phi) is 4.74. The van der Waals surface area contributed by atoms with Gasteiger partial charge in [-0.25, -0.2) is 8.42 Å². The molecule has 0 unspecified atom stereocenters. The van der Waals surface area contributed by atoms with Crippen LogP contribution in [0.4, 0.5) is 18.9 Å². The first-order valence-corrected chi connectivity index (χ1v) is 8.53. The molecule has 11 heteroatoms. The van der Waals surface area contributed by atoms with E-state index in [-0.39, 0.29) is 6.01 Å². The summed E-state index contributed by atoms with van der Waals surface area (Å²) in [6.45, 7) is 0.226. The number of aromatic nitrogens is 3. The Morgan fingerprint density at radius 2 is 1.96 bits per heavy atom. The van der Waals surface area contributed by atoms with Crippen LogP contribution in [0.15, 0.2) is 18.2 Å². The molecule has 0 saturated heterocycles. The van der Waals surface area contributed by atoms with Crippen molar-refractivity contribution in [2.75, 3.05) is 17.6 Å². The van der Waals surface area contributed by atoms with E-state index in [1.807, 2.05) is 0 Å². The van der Waals surface area contributed by atoms with Crippen molar-refractivity contribution in [3.05, 3.63) is 23.8 Å². The highest BCUT2D eigenvalue weighted by Gasteiger charge is 2.29. The van der Waals surface area contributed by atoms with Crippen molar-refractivity contribution >= 4 is 15.7 Å². The largest absolute Gasteiger partial charge is 0.454 e. The number of hydrogen-bond donors (Lipinski definition) is 1. The quantitative estimate of drug-likeness (QED) is 0.878. The summed E-state index contributed by atoms with van der Waals surface area (Å²) in [5.41, 5.74) is 1.58. The van der Waals surface area contributed by atoms with Crippen LogP contribution in [0.5, 0.6) is 6.01 Å². The third kappa shape index (κ3) is 4.60. The van der Waals surface area contributed by atoms with Gasteiger partial charge in [-0.3, -0.25) is 9.29 Å². The summed E-state index contributed by atoms with van der Waals surface area (Å²) < 4.78 is 67.4. The van der Waals surface area contributed by atoms with Crippen LogP contribution >= 0.6 is 0 Å². The molecule has 1 aromatic heterocycles. The van der Waals surface area contributed by atoms with Crippen LogP contribution in [0.3, 0.4) is 0 Å². The molecule has 2 rings (SSSR count). The molecule has 0 amide bonds. The van der Waals surface area contributed by atoms with Gasteiger partial charge in [0.15, 0.2) is 12.4 Å².